The number of ether oxygens (including phenoxy) is 1. The molecule has 0 aliphatic carbocycles. The van der Waals surface area contributed by atoms with Crippen molar-refractivity contribution in [1.82, 2.24) is 24.6 Å². The molecule has 1 aliphatic rings. The monoisotopic (exact) mass is 377 g/mol. The Morgan fingerprint density at radius 1 is 1.18 bits per heavy atom. The number of nitrogens with zero attached hydrogens (tertiary/aromatic N) is 5. The van der Waals surface area contributed by atoms with Gasteiger partial charge in [0, 0.05) is 43.4 Å². The third-order valence-corrected chi connectivity index (χ3v) is 5.27. The van der Waals surface area contributed by atoms with Crippen LogP contribution in [-0.2, 0) is 7.05 Å². The van der Waals surface area contributed by atoms with E-state index in [0.717, 1.165) is 29.9 Å². The SMILES string of the molecule is COc1cccnc1-c1cccc(C(=O)N2CCC(c3nncn3C)CC2)c1. The predicted molar refractivity (Wildman–Crippen MR) is 105 cm³/mol. The van der Waals surface area contributed by atoms with Crippen LogP contribution in [0.2, 0.25) is 0 Å². The Hall–Kier alpha value is -3.22. The average Bonchev–Trinajstić information content (AvgIpc) is 3.19. The van der Waals surface area contributed by atoms with E-state index in [4.69, 9.17) is 4.74 Å². The fourth-order valence-electron chi connectivity index (χ4n) is 3.76. The molecule has 0 spiro atoms. The topological polar surface area (TPSA) is 73.1 Å². The molecule has 3 aromatic rings. The first kappa shape index (κ1) is 18.2. The first-order valence-electron chi connectivity index (χ1n) is 9.40. The van der Waals surface area contributed by atoms with Gasteiger partial charge < -0.3 is 14.2 Å². The molecule has 1 amide bonds. The molecule has 28 heavy (non-hydrogen) atoms. The molecular formula is C21H23N5O2. The largest absolute Gasteiger partial charge is 0.494 e. The van der Waals surface area contributed by atoms with Crippen LogP contribution in [0.15, 0.2) is 48.9 Å². The minimum atomic E-state index is 0.0492. The maximum atomic E-state index is 13.0. The molecule has 0 radical (unpaired) electrons. The normalized spacial score (nSPS) is 14.9. The Bertz CT molecular complexity index is 976. The van der Waals surface area contributed by atoms with Gasteiger partial charge in [0.2, 0.25) is 0 Å². The van der Waals surface area contributed by atoms with Crippen LogP contribution in [0.3, 0.4) is 0 Å². The van der Waals surface area contributed by atoms with Crippen molar-refractivity contribution in [2.24, 2.45) is 7.05 Å². The number of methoxy groups -OCH3 is 1. The molecule has 7 heteroatoms. The van der Waals surface area contributed by atoms with E-state index in [2.05, 4.69) is 15.2 Å². The second-order valence-electron chi connectivity index (χ2n) is 7.00. The van der Waals surface area contributed by atoms with E-state index < -0.39 is 0 Å². The van der Waals surface area contributed by atoms with Crippen molar-refractivity contribution in [1.29, 1.82) is 0 Å². The van der Waals surface area contributed by atoms with Gasteiger partial charge in [0.15, 0.2) is 0 Å². The van der Waals surface area contributed by atoms with Crippen LogP contribution in [0.5, 0.6) is 5.75 Å². The van der Waals surface area contributed by atoms with Crippen LogP contribution >= 0.6 is 0 Å². The summed E-state index contributed by atoms with van der Waals surface area (Å²) >= 11 is 0. The molecule has 4 rings (SSSR count). The second-order valence-corrected chi connectivity index (χ2v) is 7.00. The zero-order valence-electron chi connectivity index (χ0n) is 16.1. The van der Waals surface area contributed by atoms with Crippen molar-refractivity contribution in [3.63, 3.8) is 0 Å². The minimum absolute atomic E-state index is 0.0492. The average molecular weight is 377 g/mol. The highest BCUT2D eigenvalue weighted by atomic mass is 16.5. The molecule has 0 N–H and O–H groups in total. The van der Waals surface area contributed by atoms with Crippen molar-refractivity contribution in [2.45, 2.75) is 18.8 Å². The van der Waals surface area contributed by atoms with Gasteiger partial charge in [0.1, 0.15) is 23.6 Å². The molecular weight excluding hydrogens is 354 g/mol. The van der Waals surface area contributed by atoms with Crippen LogP contribution < -0.4 is 4.74 Å². The van der Waals surface area contributed by atoms with Crippen molar-refractivity contribution in [2.75, 3.05) is 20.2 Å². The summed E-state index contributed by atoms with van der Waals surface area (Å²) in [4.78, 5) is 19.4. The molecule has 1 aliphatic heterocycles. The first-order chi connectivity index (χ1) is 13.7. The van der Waals surface area contributed by atoms with Crippen molar-refractivity contribution >= 4 is 5.91 Å². The number of carbonyl (C=O) groups is 1. The van der Waals surface area contributed by atoms with Crippen molar-refractivity contribution in [3.05, 3.63) is 60.3 Å². The molecule has 1 saturated heterocycles. The summed E-state index contributed by atoms with van der Waals surface area (Å²) in [7, 11) is 3.58. The Morgan fingerprint density at radius 2 is 2.00 bits per heavy atom. The maximum Gasteiger partial charge on any atom is 0.253 e. The van der Waals surface area contributed by atoms with Gasteiger partial charge in [0.25, 0.3) is 5.91 Å². The lowest BCUT2D eigenvalue weighted by Gasteiger charge is -2.31. The highest BCUT2D eigenvalue weighted by molar-refractivity contribution is 5.95. The van der Waals surface area contributed by atoms with Gasteiger partial charge in [-0.05, 0) is 37.1 Å². The molecule has 1 aromatic carbocycles. The van der Waals surface area contributed by atoms with E-state index in [1.54, 1.807) is 19.6 Å². The van der Waals surface area contributed by atoms with Gasteiger partial charge in [-0.25, -0.2) is 0 Å². The lowest BCUT2D eigenvalue weighted by molar-refractivity contribution is 0.0710. The smallest absolute Gasteiger partial charge is 0.253 e. The van der Waals surface area contributed by atoms with Gasteiger partial charge >= 0.3 is 0 Å². The summed E-state index contributed by atoms with van der Waals surface area (Å²) in [5.41, 5.74) is 2.28. The van der Waals surface area contributed by atoms with Gasteiger partial charge in [0.05, 0.1) is 7.11 Å². The zero-order valence-corrected chi connectivity index (χ0v) is 16.1. The quantitative estimate of drug-likeness (QED) is 0.699. The van der Waals surface area contributed by atoms with Crippen LogP contribution in [0.1, 0.15) is 34.9 Å². The molecule has 1 fully saturated rings. The molecule has 7 nitrogen and oxygen atoms in total. The van der Waals surface area contributed by atoms with E-state index in [1.165, 1.54) is 0 Å². The predicted octanol–water partition coefficient (Wildman–Crippen LogP) is 2.91. The third-order valence-electron chi connectivity index (χ3n) is 5.27. The summed E-state index contributed by atoms with van der Waals surface area (Å²) < 4.78 is 7.37. The number of hydrogen-bond acceptors (Lipinski definition) is 5. The zero-order chi connectivity index (χ0) is 19.5. The number of aryl methyl sites for hydroxylation is 1. The number of pyridine rings is 1. The highest BCUT2D eigenvalue weighted by Crippen LogP contribution is 2.29. The van der Waals surface area contributed by atoms with Gasteiger partial charge in [-0.1, -0.05) is 12.1 Å². The molecule has 0 unspecified atom stereocenters. The summed E-state index contributed by atoms with van der Waals surface area (Å²) in [6.07, 6.45) is 5.24. The molecule has 0 bridgehead atoms. The Labute approximate surface area is 164 Å². The number of piperidine rings is 1. The molecule has 3 heterocycles. The van der Waals surface area contributed by atoms with Gasteiger partial charge in [-0.15, -0.1) is 10.2 Å². The Kier molecular flexibility index (Phi) is 5.06. The molecule has 0 atom stereocenters. The van der Waals surface area contributed by atoms with E-state index in [9.17, 15) is 4.79 Å². The standard InChI is InChI=1S/C21H23N5O2/c1-25-14-23-24-20(25)15-8-11-26(12-9-15)21(27)17-6-3-5-16(13-17)19-18(28-2)7-4-10-22-19/h3-7,10,13-15H,8-9,11-12H2,1-2H3. The van der Waals surface area contributed by atoms with Crippen molar-refractivity contribution in [3.8, 4) is 17.0 Å². The Balaban J connectivity index is 1.49. The minimum Gasteiger partial charge on any atom is -0.494 e. The van der Waals surface area contributed by atoms with Crippen LogP contribution in [0.25, 0.3) is 11.3 Å². The second kappa shape index (κ2) is 7.80. The number of hydrogen-bond donors (Lipinski definition) is 0. The number of carbonyl (C=O) groups excluding carboxylic acids is 1. The molecule has 144 valence electrons. The fourth-order valence-corrected chi connectivity index (χ4v) is 3.76. The Morgan fingerprint density at radius 3 is 2.71 bits per heavy atom. The van der Waals surface area contributed by atoms with Gasteiger partial charge in [-0.2, -0.15) is 0 Å². The van der Waals surface area contributed by atoms with Crippen LogP contribution in [0.4, 0.5) is 0 Å². The summed E-state index contributed by atoms with van der Waals surface area (Å²) in [6, 6.07) is 11.3. The fraction of sp³-hybridized carbons (Fsp3) is 0.333. The van der Waals surface area contributed by atoms with Crippen LogP contribution in [-0.4, -0.2) is 50.8 Å². The van der Waals surface area contributed by atoms with Crippen LogP contribution in [0, 0.1) is 0 Å². The molecule has 0 saturated carbocycles. The van der Waals surface area contributed by atoms with Gasteiger partial charge in [-0.3, -0.25) is 9.78 Å². The lowest BCUT2D eigenvalue weighted by atomic mass is 9.95. The summed E-state index contributed by atoms with van der Waals surface area (Å²) in [5.74, 6) is 2.08. The maximum absolute atomic E-state index is 13.0. The number of amides is 1. The molecule has 2 aromatic heterocycles. The first-order valence-corrected chi connectivity index (χ1v) is 9.40. The number of aromatic nitrogens is 4. The van der Waals surface area contributed by atoms with E-state index in [-0.39, 0.29) is 5.91 Å². The summed E-state index contributed by atoms with van der Waals surface area (Å²) in [6.45, 7) is 1.43. The van der Waals surface area contributed by atoms with E-state index in [1.807, 2.05) is 52.9 Å². The number of likely N-dealkylation sites (tertiary alicyclic amines) is 1. The number of rotatable bonds is 4. The lowest BCUT2D eigenvalue weighted by Crippen LogP contribution is -2.38. The number of benzene rings is 1. The van der Waals surface area contributed by atoms with Crippen molar-refractivity contribution < 1.29 is 9.53 Å². The highest BCUT2D eigenvalue weighted by Gasteiger charge is 2.27. The van der Waals surface area contributed by atoms with E-state index >= 15 is 0 Å². The van der Waals surface area contributed by atoms with E-state index in [0.29, 0.717) is 30.3 Å². The third kappa shape index (κ3) is 3.47. The summed E-state index contributed by atoms with van der Waals surface area (Å²) in [5, 5.41) is 8.19.